The number of carbonyl (C=O) groups excluding carboxylic acids is 2. The van der Waals surface area contributed by atoms with Crippen LogP contribution in [0.1, 0.15) is 37.5 Å². The third kappa shape index (κ3) is 10.2. The summed E-state index contributed by atoms with van der Waals surface area (Å²) < 4.78 is 55.1. The van der Waals surface area contributed by atoms with Gasteiger partial charge in [0.05, 0.1) is 32.5 Å². The molecule has 2 fully saturated rings. The van der Waals surface area contributed by atoms with E-state index < -0.39 is 73.4 Å². The molecule has 12 heteroatoms. The van der Waals surface area contributed by atoms with Gasteiger partial charge in [-0.1, -0.05) is 91.0 Å². The van der Waals surface area contributed by atoms with Crippen molar-refractivity contribution in [3.8, 4) is 0 Å². The lowest BCUT2D eigenvalue weighted by atomic mass is 9.96. The van der Waals surface area contributed by atoms with Gasteiger partial charge in [0.1, 0.15) is 30.5 Å². The predicted octanol–water partition coefficient (Wildman–Crippen LogP) is 4.10. The highest BCUT2D eigenvalue weighted by Crippen LogP contribution is 2.35. The first-order valence-corrected chi connectivity index (χ1v) is 16.7. The third-order valence-electron chi connectivity index (χ3n) is 8.44. The Bertz CT molecular complexity index is 1460. The normalized spacial score (nSPS) is 29.6. The molecule has 0 radical (unpaired) electrons. The van der Waals surface area contributed by atoms with Crippen LogP contribution in [0.3, 0.4) is 0 Å². The minimum absolute atomic E-state index is 0.0901. The Morgan fingerprint density at radius 1 is 0.640 bits per heavy atom. The lowest BCUT2D eigenvalue weighted by Crippen LogP contribution is -2.66. The van der Waals surface area contributed by atoms with E-state index in [-0.39, 0.29) is 26.4 Å². The second kappa shape index (κ2) is 18.5. The molecule has 0 bridgehead atoms. The van der Waals surface area contributed by atoms with E-state index in [2.05, 4.69) is 0 Å². The minimum atomic E-state index is -1.42. The van der Waals surface area contributed by atoms with Gasteiger partial charge in [-0.15, -0.1) is 0 Å². The molecule has 2 saturated heterocycles. The number of benzene rings is 3. The van der Waals surface area contributed by atoms with Crippen LogP contribution in [0.25, 0.3) is 0 Å². The summed E-state index contributed by atoms with van der Waals surface area (Å²) in [6.07, 6.45) is -10.5. The molecule has 3 aromatic rings. The number of hydrogen-bond donors (Lipinski definition) is 1. The van der Waals surface area contributed by atoms with Crippen LogP contribution in [-0.2, 0) is 72.0 Å². The van der Waals surface area contributed by atoms with Crippen molar-refractivity contribution in [1.82, 2.24) is 0 Å². The Kier molecular flexibility index (Phi) is 13.9. The maximum atomic E-state index is 12.4. The number of esters is 2. The van der Waals surface area contributed by atoms with E-state index in [4.69, 9.17) is 42.6 Å². The summed E-state index contributed by atoms with van der Waals surface area (Å²) in [6, 6.07) is 28.7. The molecule has 2 heterocycles. The molecule has 10 atom stereocenters. The van der Waals surface area contributed by atoms with Gasteiger partial charge in [0, 0.05) is 21.0 Å². The summed E-state index contributed by atoms with van der Waals surface area (Å²) in [7, 11) is 1.50. The Morgan fingerprint density at radius 2 is 1.14 bits per heavy atom. The van der Waals surface area contributed by atoms with Gasteiger partial charge in [0.2, 0.25) is 0 Å². The Hall–Kier alpha value is -3.72. The maximum Gasteiger partial charge on any atom is 0.303 e. The molecule has 5 rings (SSSR count). The van der Waals surface area contributed by atoms with Gasteiger partial charge in [-0.3, -0.25) is 9.59 Å². The number of hydrogen-bond acceptors (Lipinski definition) is 12. The van der Waals surface area contributed by atoms with E-state index in [9.17, 15) is 14.7 Å². The number of aliphatic hydroxyl groups is 1. The lowest BCUT2D eigenvalue weighted by molar-refractivity contribution is -0.365. The van der Waals surface area contributed by atoms with Crippen LogP contribution in [0, 0.1) is 0 Å². The highest BCUT2D eigenvalue weighted by Gasteiger charge is 2.54. The molecule has 0 spiro atoms. The van der Waals surface area contributed by atoms with E-state index in [1.165, 1.54) is 21.0 Å². The van der Waals surface area contributed by atoms with Gasteiger partial charge in [0.25, 0.3) is 0 Å². The molecule has 2 aliphatic rings. The van der Waals surface area contributed by atoms with Gasteiger partial charge in [-0.25, -0.2) is 0 Å². The standard InChI is InChI=1S/C38H46O12/c1-24-32(44-21-28-16-10-6-11-17-28)34(35(37(42-4)46-24)45-22-29-18-12-7-13-19-29)50-38-36(48-26(3)40)33(47-25(2)39)31(41)30(49-38)23-43-20-27-14-8-5-9-15-27/h5-19,24,30-38,41H,20-23H2,1-4H3/t24-,30+,31-,32-,33-,34+,35+,36+,37+,38+/m0/s1. The molecule has 12 nitrogen and oxygen atoms in total. The zero-order valence-corrected chi connectivity index (χ0v) is 28.7. The molecule has 270 valence electrons. The van der Waals surface area contributed by atoms with Crippen LogP contribution in [-0.4, -0.2) is 92.2 Å². The van der Waals surface area contributed by atoms with Gasteiger partial charge < -0.3 is 47.7 Å². The van der Waals surface area contributed by atoms with Crippen molar-refractivity contribution >= 4 is 11.9 Å². The third-order valence-corrected chi connectivity index (χ3v) is 8.44. The van der Waals surface area contributed by atoms with Crippen molar-refractivity contribution in [1.29, 1.82) is 0 Å². The predicted molar refractivity (Wildman–Crippen MR) is 178 cm³/mol. The van der Waals surface area contributed by atoms with E-state index >= 15 is 0 Å². The van der Waals surface area contributed by atoms with Crippen molar-refractivity contribution in [2.45, 2.75) is 102 Å². The van der Waals surface area contributed by atoms with Crippen LogP contribution in [0.4, 0.5) is 0 Å². The number of aliphatic hydroxyl groups excluding tert-OH is 1. The summed E-state index contributed by atoms with van der Waals surface area (Å²) in [4.78, 5) is 24.7. The zero-order chi connectivity index (χ0) is 35.5. The molecule has 3 aromatic carbocycles. The van der Waals surface area contributed by atoms with Gasteiger partial charge in [0.15, 0.2) is 24.8 Å². The minimum Gasteiger partial charge on any atom is -0.455 e. The zero-order valence-electron chi connectivity index (χ0n) is 28.7. The molecule has 0 amide bonds. The van der Waals surface area contributed by atoms with Crippen molar-refractivity contribution < 1.29 is 57.3 Å². The first-order valence-electron chi connectivity index (χ1n) is 16.7. The molecule has 0 saturated carbocycles. The van der Waals surface area contributed by atoms with E-state index in [1.54, 1.807) is 0 Å². The van der Waals surface area contributed by atoms with Crippen molar-refractivity contribution in [3.63, 3.8) is 0 Å². The molecule has 1 N–H and O–H groups in total. The fourth-order valence-electron chi connectivity index (χ4n) is 6.06. The molecular weight excluding hydrogens is 648 g/mol. The Balaban J connectivity index is 1.46. The monoisotopic (exact) mass is 694 g/mol. The first kappa shape index (κ1) is 37.5. The van der Waals surface area contributed by atoms with Crippen molar-refractivity contribution in [2.24, 2.45) is 0 Å². The highest BCUT2D eigenvalue weighted by molar-refractivity contribution is 5.67. The largest absolute Gasteiger partial charge is 0.455 e. The summed E-state index contributed by atoms with van der Waals surface area (Å²) in [5, 5.41) is 11.4. The topological polar surface area (TPSA) is 137 Å². The SMILES string of the molecule is CO[C@@H]1O[C@@H](C)[C@H](OCc2ccccc2)[C@@H](O[C@H]2O[C@H](COCc3ccccc3)[C@H](O)[C@H](OC(C)=O)[C@H]2OC(C)=O)[C@H]1OCc1ccccc1. The Labute approximate surface area is 292 Å². The number of carbonyl (C=O) groups is 2. The number of methoxy groups -OCH3 is 1. The second-order valence-electron chi connectivity index (χ2n) is 12.3. The smallest absolute Gasteiger partial charge is 0.303 e. The summed E-state index contributed by atoms with van der Waals surface area (Å²) in [6.45, 7) is 4.81. The van der Waals surface area contributed by atoms with Crippen molar-refractivity contribution in [3.05, 3.63) is 108 Å². The Morgan fingerprint density at radius 3 is 1.66 bits per heavy atom. The molecule has 2 aliphatic heterocycles. The van der Waals surface area contributed by atoms with Crippen LogP contribution in [0.15, 0.2) is 91.0 Å². The molecule has 0 unspecified atom stereocenters. The highest BCUT2D eigenvalue weighted by atomic mass is 16.8. The molecule has 0 aromatic heterocycles. The second-order valence-corrected chi connectivity index (χ2v) is 12.3. The average molecular weight is 695 g/mol. The number of ether oxygens (including phenoxy) is 9. The van der Waals surface area contributed by atoms with Gasteiger partial charge >= 0.3 is 11.9 Å². The fourth-order valence-corrected chi connectivity index (χ4v) is 6.06. The number of rotatable bonds is 15. The van der Waals surface area contributed by atoms with Crippen LogP contribution < -0.4 is 0 Å². The van der Waals surface area contributed by atoms with E-state index in [1.807, 2.05) is 97.9 Å². The first-order chi connectivity index (χ1) is 24.2. The lowest BCUT2D eigenvalue weighted by Gasteiger charge is -2.48. The maximum absolute atomic E-state index is 12.4. The molecule has 50 heavy (non-hydrogen) atoms. The summed E-state index contributed by atoms with van der Waals surface area (Å²) in [5.41, 5.74) is 2.75. The quantitative estimate of drug-likeness (QED) is 0.229. The fraction of sp³-hybridized carbons (Fsp3) is 0.474. The van der Waals surface area contributed by atoms with E-state index in [0.717, 1.165) is 16.7 Å². The van der Waals surface area contributed by atoms with Gasteiger partial charge in [-0.05, 0) is 23.6 Å². The van der Waals surface area contributed by atoms with E-state index in [0.29, 0.717) is 0 Å². The summed E-state index contributed by atoms with van der Waals surface area (Å²) >= 11 is 0. The van der Waals surface area contributed by atoms with Gasteiger partial charge in [-0.2, -0.15) is 0 Å². The molecule has 0 aliphatic carbocycles. The van der Waals surface area contributed by atoms with Crippen LogP contribution >= 0.6 is 0 Å². The summed E-state index contributed by atoms with van der Waals surface area (Å²) in [5.74, 6) is -1.39. The molecular formula is C38H46O12. The van der Waals surface area contributed by atoms with Crippen LogP contribution in [0.5, 0.6) is 0 Å². The van der Waals surface area contributed by atoms with Crippen molar-refractivity contribution in [2.75, 3.05) is 13.7 Å². The average Bonchev–Trinajstić information content (AvgIpc) is 3.11. The van der Waals surface area contributed by atoms with Crippen LogP contribution in [0.2, 0.25) is 0 Å².